The molecule has 1 aromatic rings. The first-order valence-corrected chi connectivity index (χ1v) is 7.75. The molecule has 108 valence electrons. The highest BCUT2D eigenvalue weighted by atomic mass is 35.5. The first kappa shape index (κ1) is 15.2. The highest BCUT2D eigenvalue weighted by Crippen LogP contribution is 2.36. The molecule has 3 atom stereocenters. The highest BCUT2D eigenvalue weighted by molar-refractivity contribution is 6.31. The number of hydrogen-bond donors (Lipinski definition) is 0. The molecule has 2 rings (SSSR count). The molecule has 1 aromatic carbocycles. The van der Waals surface area contributed by atoms with Gasteiger partial charge < -0.3 is 4.74 Å². The van der Waals surface area contributed by atoms with E-state index >= 15 is 0 Å². The van der Waals surface area contributed by atoms with E-state index in [4.69, 9.17) is 21.6 Å². The molecule has 1 fully saturated rings. The van der Waals surface area contributed by atoms with Gasteiger partial charge in [-0.2, -0.15) is 5.26 Å². The molecule has 1 aliphatic carbocycles. The Morgan fingerprint density at radius 3 is 2.70 bits per heavy atom. The van der Waals surface area contributed by atoms with Gasteiger partial charge in [0.2, 0.25) is 0 Å². The lowest BCUT2D eigenvalue weighted by Crippen LogP contribution is -2.36. The van der Waals surface area contributed by atoms with Crippen LogP contribution in [-0.4, -0.2) is 6.10 Å². The van der Waals surface area contributed by atoms with Crippen LogP contribution in [0.15, 0.2) is 18.2 Å². The second kappa shape index (κ2) is 6.50. The van der Waals surface area contributed by atoms with Crippen LogP contribution >= 0.6 is 11.6 Å². The van der Waals surface area contributed by atoms with Gasteiger partial charge in [0.25, 0.3) is 0 Å². The summed E-state index contributed by atoms with van der Waals surface area (Å²) in [6.07, 6.45) is 3.87. The van der Waals surface area contributed by atoms with Crippen LogP contribution in [0.1, 0.15) is 45.6 Å². The van der Waals surface area contributed by atoms with Gasteiger partial charge >= 0.3 is 0 Å². The topological polar surface area (TPSA) is 33.0 Å². The zero-order chi connectivity index (χ0) is 14.7. The Labute approximate surface area is 126 Å². The summed E-state index contributed by atoms with van der Waals surface area (Å²) in [4.78, 5) is 0. The predicted octanol–water partition coefficient (Wildman–Crippen LogP) is 5.05. The van der Waals surface area contributed by atoms with Gasteiger partial charge in [0.05, 0.1) is 10.6 Å². The Balaban J connectivity index is 2.14. The maximum Gasteiger partial charge on any atom is 0.121 e. The van der Waals surface area contributed by atoms with E-state index in [1.165, 1.54) is 12.8 Å². The zero-order valence-electron chi connectivity index (χ0n) is 12.4. The third-order valence-corrected chi connectivity index (χ3v) is 4.62. The van der Waals surface area contributed by atoms with E-state index in [9.17, 15) is 0 Å². The van der Waals surface area contributed by atoms with Crippen molar-refractivity contribution in [3.63, 3.8) is 0 Å². The van der Waals surface area contributed by atoms with Crippen molar-refractivity contribution < 1.29 is 4.74 Å². The van der Waals surface area contributed by atoms with Crippen LogP contribution in [0, 0.1) is 29.1 Å². The smallest absolute Gasteiger partial charge is 0.121 e. The van der Waals surface area contributed by atoms with Crippen molar-refractivity contribution in [1.82, 2.24) is 0 Å². The highest BCUT2D eigenvalue weighted by Gasteiger charge is 2.32. The first-order chi connectivity index (χ1) is 9.51. The Bertz CT molecular complexity index is 506. The third kappa shape index (κ3) is 3.46. The van der Waals surface area contributed by atoms with Gasteiger partial charge in [-0.3, -0.25) is 0 Å². The minimum Gasteiger partial charge on any atom is -0.490 e. The van der Waals surface area contributed by atoms with E-state index < -0.39 is 0 Å². The van der Waals surface area contributed by atoms with Crippen LogP contribution in [0.3, 0.4) is 0 Å². The van der Waals surface area contributed by atoms with Crippen molar-refractivity contribution in [2.45, 2.75) is 46.1 Å². The van der Waals surface area contributed by atoms with Gasteiger partial charge in [-0.05, 0) is 42.7 Å². The van der Waals surface area contributed by atoms with Gasteiger partial charge in [0, 0.05) is 6.07 Å². The predicted molar refractivity (Wildman–Crippen MR) is 81.9 cm³/mol. The normalized spacial score (nSPS) is 26.3. The standard InChI is InChI=1S/C17H22ClNO/c1-11(2)15-7-4-12(3)8-17(15)20-14-6-5-13(10-19)16(18)9-14/h5-6,9,11-12,15,17H,4,7-8H2,1-3H3/t12?,15-,17+/m1/s1. The number of benzene rings is 1. The molecule has 0 aromatic heterocycles. The van der Waals surface area contributed by atoms with E-state index in [0.717, 1.165) is 12.2 Å². The van der Waals surface area contributed by atoms with Crippen LogP contribution in [0.5, 0.6) is 5.75 Å². The first-order valence-electron chi connectivity index (χ1n) is 7.37. The summed E-state index contributed by atoms with van der Waals surface area (Å²) < 4.78 is 6.19. The molecule has 3 heteroatoms. The fraction of sp³-hybridized carbons (Fsp3) is 0.588. The van der Waals surface area contributed by atoms with E-state index in [0.29, 0.717) is 28.3 Å². The average molecular weight is 292 g/mol. The van der Waals surface area contributed by atoms with Crippen molar-refractivity contribution in [2.75, 3.05) is 0 Å². The molecule has 1 saturated carbocycles. The van der Waals surface area contributed by atoms with E-state index in [-0.39, 0.29) is 6.10 Å². The second-order valence-electron chi connectivity index (χ2n) is 6.24. The van der Waals surface area contributed by atoms with Crippen molar-refractivity contribution in [3.8, 4) is 11.8 Å². The van der Waals surface area contributed by atoms with Gasteiger partial charge in [-0.15, -0.1) is 0 Å². The number of nitrogens with zero attached hydrogens (tertiary/aromatic N) is 1. The Hall–Kier alpha value is -1.20. The molecule has 0 radical (unpaired) electrons. The zero-order valence-corrected chi connectivity index (χ0v) is 13.2. The fourth-order valence-electron chi connectivity index (χ4n) is 3.08. The molecule has 0 aliphatic heterocycles. The molecular weight excluding hydrogens is 270 g/mol. The van der Waals surface area contributed by atoms with Crippen molar-refractivity contribution in [3.05, 3.63) is 28.8 Å². The van der Waals surface area contributed by atoms with Crippen molar-refractivity contribution in [1.29, 1.82) is 5.26 Å². The molecule has 0 saturated heterocycles. The molecule has 2 nitrogen and oxygen atoms in total. The molecule has 1 unspecified atom stereocenters. The van der Waals surface area contributed by atoms with Gasteiger partial charge in [0.15, 0.2) is 0 Å². The van der Waals surface area contributed by atoms with Gasteiger partial charge in [0.1, 0.15) is 17.9 Å². The average Bonchev–Trinajstić information content (AvgIpc) is 2.38. The maximum atomic E-state index is 8.91. The lowest BCUT2D eigenvalue weighted by atomic mass is 9.75. The maximum absolute atomic E-state index is 8.91. The summed E-state index contributed by atoms with van der Waals surface area (Å²) in [5, 5.41) is 9.37. The Kier molecular flexibility index (Phi) is 4.94. The van der Waals surface area contributed by atoms with Crippen LogP contribution in [0.2, 0.25) is 5.02 Å². The number of ether oxygens (including phenoxy) is 1. The largest absolute Gasteiger partial charge is 0.490 e. The summed E-state index contributed by atoms with van der Waals surface area (Å²) >= 11 is 6.07. The summed E-state index contributed by atoms with van der Waals surface area (Å²) in [7, 11) is 0. The number of nitriles is 1. The second-order valence-corrected chi connectivity index (χ2v) is 6.64. The summed E-state index contributed by atoms with van der Waals surface area (Å²) in [6, 6.07) is 7.41. The summed E-state index contributed by atoms with van der Waals surface area (Å²) in [5.74, 6) is 2.71. The lowest BCUT2D eigenvalue weighted by molar-refractivity contribution is 0.0460. The van der Waals surface area contributed by atoms with E-state index in [1.54, 1.807) is 12.1 Å². The van der Waals surface area contributed by atoms with Crippen molar-refractivity contribution in [2.24, 2.45) is 17.8 Å². The number of hydrogen-bond acceptors (Lipinski definition) is 2. The van der Waals surface area contributed by atoms with Crippen LogP contribution < -0.4 is 4.74 Å². The molecule has 1 aliphatic rings. The SMILES string of the molecule is CC1CC[C@H](C(C)C)[C@@H](Oc2ccc(C#N)c(Cl)c2)C1. The fourth-order valence-corrected chi connectivity index (χ4v) is 3.30. The Morgan fingerprint density at radius 2 is 2.10 bits per heavy atom. The monoisotopic (exact) mass is 291 g/mol. The quantitative estimate of drug-likeness (QED) is 0.780. The number of rotatable bonds is 3. The molecule has 20 heavy (non-hydrogen) atoms. The van der Waals surface area contributed by atoms with E-state index in [1.807, 2.05) is 6.07 Å². The summed E-state index contributed by atoms with van der Waals surface area (Å²) in [6.45, 7) is 6.82. The van der Waals surface area contributed by atoms with Gasteiger partial charge in [-0.1, -0.05) is 38.8 Å². The van der Waals surface area contributed by atoms with Crippen LogP contribution in [0.4, 0.5) is 0 Å². The molecular formula is C17H22ClNO. The lowest BCUT2D eigenvalue weighted by Gasteiger charge is -2.37. The van der Waals surface area contributed by atoms with Crippen LogP contribution in [0.25, 0.3) is 0 Å². The minimum absolute atomic E-state index is 0.253. The minimum atomic E-state index is 0.253. The molecule has 0 amide bonds. The number of halogens is 1. The third-order valence-electron chi connectivity index (χ3n) is 4.31. The molecule has 0 bridgehead atoms. The molecule has 0 spiro atoms. The van der Waals surface area contributed by atoms with E-state index in [2.05, 4.69) is 26.8 Å². The molecule has 0 heterocycles. The summed E-state index contributed by atoms with van der Waals surface area (Å²) in [5.41, 5.74) is 0.497. The van der Waals surface area contributed by atoms with Gasteiger partial charge in [-0.25, -0.2) is 0 Å². The van der Waals surface area contributed by atoms with Crippen LogP contribution in [-0.2, 0) is 0 Å². The van der Waals surface area contributed by atoms with Crippen molar-refractivity contribution >= 4 is 11.6 Å². The Morgan fingerprint density at radius 1 is 1.35 bits per heavy atom. The molecule has 0 N–H and O–H groups in total.